The van der Waals surface area contributed by atoms with Crippen molar-refractivity contribution in [3.05, 3.63) is 21.4 Å². The van der Waals surface area contributed by atoms with Crippen molar-refractivity contribution in [1.82, 2.24) is 4.90 Å². The Morgan fingerprint density at radius 1 is 1.12 bits per heavy atom. The summed E-state index contributed by atoms with van der Waals surface area (Å²) in [6.07, 6.45) is 8.12. The van der Waals surface area contributed by atoms with E-state index in [9.17, 15) is 13.2 Å². The largest absolute Gasteiger partial charge is 0.329 e. The van der Waals surface area contributed by atoms with E-state index in [0.29, 0.717) is 11.5 Å². The molecule has 3 aliphatic rings. The first kappa shape index (κ1) is 18.4. The smallest absolute Gasteiger partial charge is 0.264 e. The molecule has 3 heterocycles. The fourth-order valence-corrected chi connectivity index (χ4v) is 7.67. The van der Waals surface area contributed by atoms with Crippen LogP contribution in [0, 0.1) is 0 Å². The minimum atomic E-state index is -2.83. The van der Waals surface area contributed by atoms with Crippen molar-refractivity contribution in [1.29, 1.82) is 0 Å². The van der Waals surface area contributed by atoms with Gasteiger partial charge in [-0.2, -0.15) is 0 Å². The minimum Gasteiger partial charge on any atom is -0.329 e. The fourth-order valence-electron chi connectivity index (χ4n) is 4.63. The summed E-state index contributed by atoms with van der Waals surface area (Å²) in [5.41, 5.74) is 1.40. The second-order valence-corrected chi connectivity index (χ2v) is 11.4. The molecule has 0 unspecified atom stereocenters. The molecule has 0 spiro atoms. The summed E-state index contributed by atoms with van der Waals surface area (Å²) < 4.78 is 23.4. The lowest BCUT2D eigenvalue weighted by molar-refractivity contribution is -0.925. The first-order valence-electron chi connectivity index (χ1n) is 9.98. The third-order valence-corrected chi connectivity index (χ3v) is 9.20. The van der Waals surface area contributed by atoms with E-state index in [0.717, 1.165) is 50.3 Å². The highest BCUT2D eigenvalue weighted by atomic mass is 32.2. The summed E-state index contributed by atoms with van der Waals surface area (Å²) in [5.74, 6) is 0.846. The van der Waals surface area contributed by atoms with Crippen molar-refractivity contribution in [2.75, 3.05) is 37.7 Å². The predicted molar refractivity (Wildman–Crippen MR) is 104 cm³/mol. The van der Waals surface area contributed by atoms with E-state index in [4.69, 9.17) is 0 Å². The standard InChI is InChI=1S/C19H28N2O3S2/c22-19(18-13-15-5-3-1-2-4-6-17(15)25-18)21-10-8-20(9-11-21)16-7-12-26(23,24)14-16/h13,16H,1-12,14H2/p+1/t16-/m0/s1. The molecular formula is C19H29N2O3S2+. The van der Waals surface area contributed by atoms with Gasteiger partial charge in [0.1, 0.15) is 11.8 Å². The van der Waals surface area contributed by atoms with Crippen molar-refractivity contribution in [3.63, 3.8) is 0 Å². The van der Waals surface area contributed by atoms with Crippen LogP contribution in [0.15, 0.2) is 6.07 Å². The number of carbonyl (C=O) groups is 1. The number of piperazine rings is 1. The Morgan fingerprint density at radius 3 is 2.54 bits per heavy atom. The second kappa shape index (κ2) is 7.60. The molecule has 1 atom stereocenters. The molecule has 2 saturated heterocycles. The van der Waals surface area contributed by atoms with Crippen molar-refractivity contribution >= 4 is 27.1 Å². The van der Waals surface area contributed by atoms with E-state index in [1.165, 1.54) is 41.0 Å². The van der Waals surface area contributed by atoms with Gasteiger partial charge in [0.2, 0.25) is 0 Å². The van der Waals surface area contributed by atoms with Gasteiger partial charge >= 0.3 is 0 Å². The van der Waals surface area contributed by atoms with Gasteiger partial charge in [-0.15, -0.1) is 11.3 Å². The molecular weight excluding hydrogens is 368 g/mol. The number of nitrogens with zero attached hydrogens (tertiary/aromatic N) is 1. The molecule has 1 aromatic heterocycles. The SMILES string of the molecule is O=C(c1cc2c(s1)CCCCCC2)N1CC[NH+]([C@H]2CCS(=O)(=O)C2)CC1. The van der Waals surface area contributed by atoms with E-state index in [1.807, 2.05) is 4.90 Å². The number of hydrogen-bond acceptors (Lipinski definition) is 4. The summed E-state index contributed by atoms with van der Waals surface area (Å²) in [6.45, 7) is 3.23. The predicted octanol–water partition coefficient (Wildman–Crippen LogP) is 0.935. The summed E-state index contributed by atoms with van der Waals surface area (Å²) in [5, 5.41) is 0. The van der Waals surface area contributed by atoms with Gasteiger partial charge in [0.05, 0.1) is 36.8 Å². The molecule has 144 valence electrons. The Labute approximate surface area is 160 Å². The molecule has 2 fully saturated rings. The average molecular weight is 398 g/mol. The molecule has 5 nitrogen and oxygen atoms in total. The van der Waals surface area contributed by atoms with Crippen LogP contribution in [0.3, 0.4) is 0 Å². The van der Waals surface area contributed by atoms with Crippen LogP contribution in [0.4, 0.5) is 0 Å². The minimum absolute atomic E-state index is 0.180. The first-order chi connectivity index (χ1) is 12.5. The molecule has 2 aliphatic heterocycles. The molecule has 1 amide bonds. The number of hydrogen-bond donors (Lipinski definition) is 1. The van der Waals surface area contributed by atoms with Gasteiger partial charge in [-0.25, -0.2) is 8.42 Å². The van der Waals surface area contributed by atoms with Gasteiger partial charge in [0, 0.05) is 11.3 Å². The normalized spacial score (nSPS) is 26.9. The summed E-state index contributed by atoms with van der Waals surface area (Å²) >= 11 is 1.71. The Bertz CT molecular complexity index is 738. The zero-order valence-electron chi connectivity index (χ0n) is 15.3. The molecule has 0 bridgehead atoms. The molecule has 0 radical (unpaired) electrons. The van der Waals surface area contributed by atoms with E-state index >= 15 is 0 Å². The van der Waals surface area contributed by atoms with Gasteiger partial charge in [-0.05, 0) is 37.3 Å². The van der Waals surface area contributed by atoms with Crippen LogP contribution in [0.2, 0.25) is 0 Å². The number of thiophene rings is 1. The van der Waals surface area contributed by atoms with Gasteiger partial charge in [-0.3, -0.25) is 4.79 Å². The Hall–Kier alpha value is -0.920. The Kier molecular flexibility index (Phi) is 5.39. The van der Waals surface area contributed by atoms with Crippen molar-refractivity contribution < 1.29 is 18.1 Å². The van der Waals surface area contributed by atoms with E-state index in [-0.39, 0.29) is 11.9 Å². The molecule has 7 heteroatoms. The van der Waals surface area contributed by atoms with Crippen LogP contribution < -0.4 is 4.90 Å². The third kappa shape index (κ3) is 3.99. The van der Waals surface area contributed by atoms with Crippen molar-refractivity contribution in [2.24, 2.45) is 0 Å². The average Bonchev–Trinajstić information content (AvgIpc) is 3.17. The molecule has 1 N–H and O–H groups in total. The number of aryl methyl sites for hydroxylation is 2. The number of carbonyl (C=O) groups excluding carboxylic acids is 1. The third-order valence-electron chi connectivity index (χ3n) is 6.21. The van der Waals surface area contributed by atoms with Crippen LogP contribution in [-0.4, -0.2) is 63.0 Å². The zero-order chi connectivity index (χ0) is 18.1. The number of fused-ring (bicyclic) bond motifs is 1. The van der Waals surface area contributed by atoms with Crippen LogP contribution in [0.25, 0.3) is 0 Å². The Balaban J connectivity index is 1.37. The molecule has 0 saturated carbocycles. The highest BCUT2D eigenvalue weighted by Crippen LogP contribution is 2.29. The topological polar surface area (TPSA) is 58.9 Å². The summed E-state index contributed by atoms with van der Waals surface area (Å²) in [7, 11) is -2.83. The van der Waals surface area contributed by atoms with Crippen LogP contribution in [0.1, 0.15) is 52.2 Å². The lowest BCUT2D eigenvalue weighted by Crippen LogP contribution is -3.18. The Morgan fingerprint density at radius 2 is 1.85 bits per heavy atom. The molecule has 1 aromatic rings. The van der Waals surface area contributed by atoms with Crippen LogP contribution >= 0.6 is 11.3 Å². The highest BCUT2D eigenvalue weighted by molar-refractivity contribution is 7.91. The van der Waals surface area contributed by atoms with E-state index < -0.39 is 9.84 Å². The number of nitrogens with one attached hydrogen (secondary N) is 1. The quantitative estimate of drug-likeness (QED) is 0.808. The van der Waals surface area contributed by atoms with E-state index in [1.54, 1.807) is 11.3 Å². The van der Waals surface area contributed by atoms with Gasteiger partial charge in [0.25, 0.3) is 5.91 Å². The summed E-state index contributed by atoms with van der Waals surface area (Å²) in [4.78, 5) is 18.6. The molecule has 1 aliphatic carbocycles. The van der Waals surface area contributed by atoms with Crippen LogP contribution in [-0.2, 0) is 22.7 Å². The lowest BCUT2D eigenvalue weighted by atomic mass is 10.00. The van der Waals surface area contributed by atoms with Crippen LogP contribution in [0.5, 0.6) is 0 Å². The maximum atomic E-state index is 13.0. The number of rotatable bonds is 2. The zero-order valence-corrected chi connectivity index (χ0v) is 17.0. The fraction of sp³-hybridized carbons (Fsp3) is 0.737. The molecule has 0 aromatic carbocycles. The maximum absolute atomic E-state index is 13.0. The van der Waals surface area contributed by atoms with Gasteiger partial charge < -0.3 is 9.80 Å². The monoisotopic (exact) mass is 397 g/mol. The number of sulfone groups is 1. The summed E-state index contributed by atoms with van der Waals surface area (Å²) in [6, 6.07) is 2.38. The second-order valence-electron chi connectivity index (χ2n) is 8.02. The van der Waals surface area contributed by atoms with Gasteiger partial charge in [0.15, 0.2) is 9.84 Å². The molecule has 4 rings (SSSR count). The highest BCUT2D eigenvalue weighted by Gasteiger charge is 2.37. The maximum Gasteiger partial charge on any atom is 0.264 e. The number of amides is 1. The van der Waals surface area contributed by atoms with Gasteiger partial charge in [-0.1, -0.05) is 12.8 Å². The molecule has 26 heavy (non-hydrogen) atoms. The lowest BCUT2D eigenvalue weighted by Gasteiger charge is -2.34. The first-order valence-corrected chi connectivity index (χ1v) is 12.6. The van der Waals surface area contributed by atoms with Crippen molar-refractivity contribution in [3.8, 4) is 0 Å². The van der Waals surface area contributed by atoms with Crippen molar-refractivity contribution in [2.45, 2.75) is 51.0 Å². The van der Waals surface area contributed by atoms with E-state index in [2.05, 4.69) is 6.07 Å². The number of quaternary nitrogens is 1.